The Hall–Kier alpha value is -0.870. The highest BCUT2D eigenvalue weighted by atomic mass is 16.5. The molecule has 0 aromatic carbocycles. The average Bonchev–Trinajstić information content (AvgIpc) is 2.04. The van der Waals surface area contributed by atoms with Crippen LogP contribution in [0.5, 0.6) is 0 Å². The predicted molar refractivity (Wildman–Crippen MR) is 38.9 cm³/mol. The minimum Gasteiger partial charge on any atom is -0.462 e. The van der Waals surface area contributed by atoms with Crippen molar-refractivity contribution < 1.29 is 19.7 Å². The Morgan fingerprint density at radius 1 is 1.73 bits per heavy atom. The van der Waals surface area contributed by atoms with Crippen molar-refractivity contribution >= 4 is 5.97 Å². The number of carbonyl (C=O) groups is 1. The molecule has 0 saturated heterocycles. The number of rotatable bonds is 5. The van der Waals surface area contributed by atoms with E-state index in [1.54, 1.807) is 0 Å². The van der Waals surface area contributed by atoms with Gasteiger partial charge in [0.2, 0.25) is 0 Å². The number of aliphatic hydroxyl groups excluding tert-OH is 2. The van der Waals surface area contributed by atoms with Crippen LogP contribution in [0.3, 0.4) is 0 Å². The van der Waals surface area contributed by atoms with Crippen molar-refractivity contribution in [1.29, 1.82) is 0 Å². The highest BCUT2D eigenvalue weighted by molar-refractivity contribution is 5.81. The highest BCUT2D eigenvalue weighted by Crippen LogP contribution is 1.91. The molecule has 4 heteroatoms. The molecule has 2 N–H and O–H groups in total. The summed E-state index contributed by atoms with van der Waals surface area (Å²) in [6.45, 7) is 2.98. The van der Waals surface area contributed by atoms with E-state index in [2.05, 4.69) is 11.3 Å². The van der Waals surface area contributed by atoms with E-state index in [-0.39, 0.29) is 19.6 Å². The number of ether oxygens (including phenoxy) is 1. The maximum atomic E-state index is 10.4. The summed E-state index contributed by atoms with van der Waals surface area (Å²) in [5.41, 5.74) is 0. The Morgan fingerprint density at radius 3 is 2.82 bits per heavy atom. The van der Waals surface area contributed by atoms with Crippen molar-refractivity contribution in [3.05, 3.63) is 12.7 Å². The molecule has 0 saturated carbocycles. The van der Waals surface area contributed by atoms with Crippen LogP contribution in [0.25, 0.3) is 0 Å². The molecule has 0 aliphatic heterocycles. The molecule has 4 nitrogen and oxygen atoms in total. The smallest absolute Gasteiger partial charge is 0.330 e. The van der Waals surface area contributed by atoms with Gasteiger partial charge in [-0.05, 0) is 0 Å². The molecule has 0 heterocycles. The van der Waals surface area contributed by atoms with E-state index in [1.165, 1.54) is 0 Å². The fourth-order valence-electron chi connectivity index (χ4n) is 0.446. The molecule has 1 atom stereocenters. The summed E-state index contributed by atoms with van der Waals surface area (Å²) in [7, 11) is 0. The maximum Gasteiger partial charge on any atom is 0.330 e. The third-order valence-electron chi connectivity index (χ3n) is 1.07. The van der Waals surface area contributed by atoms with Crippen molar-refractivity contribution in [2.75, 3.05) is 13.2 Å². The zero-order chi connectivity index (χ0) is 8.69. The second-order valence-corrected chi connectivity index (χ2v) is 2.00. The second kappa shape index (κ2) is 5.88. The van der Waals surface area contributed by atoms with Crippen molar-refractivity contribution in [2.24, 2.45) is 0 Å². The number of esters is 1. The topological polar surface area (TPSA) is 66.8 Å². The number of hydrogen-bond donors (Lipinski definition) is 2. The third-order valence-corrected chi connectivity index (χ3v) is 1.07. The van der Waals surface area contributed by atoms with Crippen LogP contribution >= 0.6 is 0 Å². The average molecular weight is 160 g/mol. The lowest BCUT2D eigenvalue weighted by molar-refractivity contribution is -0.138. The standard InChI is InChI=1S/C7H12O4/c1-2-7(10)11-4-3-6(9)5-8/h2,6,8-9H,1,3-5H2/t6-/m0/s1. The first kappa shape index (κ1) is 10.1. The summed E-state index contributed by atoms with van der Waals surface area (Å²) in [6.07, 6.45) is 0.481. The van der Waals surface area contributed by atoms with Crippen LogP contribution in [0, 0.1) is 0 Å². The SMILES string of the molecule is C=CC(=O)OCC[C@H](O)CO. The van der Waals surface area contributed by atoms with E-state index in [9.17, 15) is 4.79 Å². The highest BCUT2D eigenvalue weighted by Gasteiger charge is 2.02. The third kappa shape index (κ3) is 5.57. The molecule has 0 spiro atoms. The van der Waals surface area contributed by atoms with Crippen LogP contribution in [0.2, 0.25) is 0 Å². The van der Waals surface area contributed by atoms with Crippen LogP contribution < -0.4 is 0 Å². The summed E-state index contributed by atoms with van der Waals surface area (Å²) in [5.74, 6) is -0.518. The molecule has 0 unspecified atom stereocenters. The fraction of sp³-hybridized carbons (Fsp3) is 0.571. The monoisotopic (exact) mass is 160 g/mol. The molecule has 0 aromatic rings. The van der Waals surface area contributed by atoms with Gasteiger partial charge in [0, 0.05) is 12.5 Å². The van der Waals surface area contributed by atoms with E-state index < -0.39 is 12.1 Å². The molecular weight excluding hydrogens is 148 g/mol. The Bertz CT molecular complexity index is 132. The largest absolute Gasteiger partial charge is 0.462 e. The van der Waals surface area contributed by atoms with Crippen LogP contribution in [0.4, 0.5) is 0 Å². The lowest BCUT2D eigenvalue weighted by atomic mass is 10.3. The Morgan fingerprint density at radius 2 is 2.36 bits per heavy atom. The van der Waals surface area contributed by atoms with Crippen molar-refractivity contribution in [3.8, 4) is 0 Å². The first-order valence-corrected chi connectivity index (χ1v) is 3.28. The van der Waals surface area contributed by atoms with Gasteiger partial charge in [0.15, 0.2) is 0 Å². The molecule has 0 amide bonds. The van der Waals surface area contributed by atoms with Crippen molar-refractivity contribution in [1.82, 2.24) is 0 Å². The van der Waals surface area contributed by atoms with Gasteiger partial charge < -0.3 is 14.9 Å². The minimum absolute atomic E-state index is 0.104. The first-order chi connectivity index (χ1) is 5.20. The van der Waals surface area contributed by atoms with Crippen LogP contribution in [0.15, 0.2) is 12.7 Å². The summed E-state index contributed by atoms with van der Waals surface area (Å²) in [6, 6.07) is 0. The van der Waals surface area contributed by atoms with E-state index >= 15 is 0 Å². The van der Waals surface area contributed by atoms with Crippen molar-refractivity contribution in [2.45, 2.75) is 12.5 Å². The summed E-state index contributed by atoms with van der Waals surface area (Å²) in [5, 5.41) is 17.1. The Balaban J connectivity index is 3.26. The number of hydrogen-bond acceptors (Lipinski definition) is 4. The number of aliphatic hydroxyl groups is 2. The fourth-order valence-corrected chi connectivity index (χ4v) is 0.446. The van der Waals surface area contributed by atoms with Gasteiger partial charge in [-0.15, -0.1) is 0 Å². The molecule has 0 aromatic heterocycles. The normalized spacial score (nSPS) is 12.2. The van der Waals surface area contributed by atoms with Crippen LogP contribution in [-0.2, 0) is 9.53 Å². The van der Waals surface area contributed by atoms with Gasteiger partial charge >= 0.3 is 5.97 Å². The van der Waals surface area contributed by atoms with Crippen LogP contribution in [-0.4, -0.2) is 35.5 Å². The lowest BCUT2D eigenvalue weighted by Gasteiger charge is -2.05. The predicted octanol–water partition coefficient (Wildman–Crippen LogP) is -0.541. The van der Waals surface area contributed by atoms with Gasteiger partial charge in [0.25, 0.3) is 0 Å². The molecule has 11 heavy (non-hydrogen) atoms. The quantitative estimate of drug-likeness (QED) is 0.418. The first-order valence-electron chi connectivity index (χ1n) is 3.28. The molecule has 0 rings (SSSR count). The van der Waals surface area contributed by atoms with E-state index in [0.717, 1.165) is 6.08 Å². The zero-order valence-corrected chi connectivity index (χ0v) is 6.19. The molecule has 0 radical (unpaired) electrons. The van der Waals surface area contributed by atoms with Gasteiger partial charge in [-0.1, -0.05) is 6.58 Å². The summed E-state index contributed by atoms with van der Waals surface area (Å²) >= 11 is 0. The van der Waals surface area contributed by atoms with Gasteiger partial charge in [-0.2, -0.15) is 0 Å². The molecular formula is C7H12O4. The zero-order valence-electron chi connectivity index (χ0n) is 6.19. The van der Waals surface area contributed by atoms with Gasteiger partial charge in [-0.25, -0.2) is 4.79 Å². The van der Waals surface area contributed by atoms with Gasteiger partial charge in [-0.3, -0.25) is 0 Å². The molecule has 64 valence electrons. The van der Waals surface area contributed by atoms with Crippen molar-refractivity contribution in [3.63, 3.8) is 0 Å². The van der Waals surface area contributed by atoms with Gasteiger partial charge in [0.05, 0.1) is 19.3 Å². The maximum absolute atomic E-state index is 10.4. The van der Waals surface area contributed by atoms with Gasteiger partial charge in [0.1, 0.15) is 0 Å². The lowest BCUT2D eigenvalue weighted by Crippen LogP contribution is -2.15. The molecule has 0 fully saturated rings. The molecule has 0 aliphatic rings. The minimum atomic E-state index is -0.812. The van der Waals surface area contributed by atoms with E-state index in [4.69, 9.17) is 10.2 Å². The summed E-state index contributed by atoms with van der Waals surface area (Å²) in [4.78, 5) is 10.4. The Kier molecular flexibility index (Phi) is 5.42. The van der Waals surface area contributed by atoms with Crippen LogP contribution in [0.1, 0.15) is 6.42 Å². The summed E-state index contributed by atoms with van der Waals surface area (Å²) < 4.78 is 4.54. The Labute approximate surface area is 65.1 Å². The molecule has 0 bridgehead atoms. The number of carbonyl (C=O) groups excluding carboxylic acids is 1. The van der Waals surface area contributed by atoms with E-state index in [0.29, 0.717) is 0 Å². The molecule has 0 aliphatic carbocycles. The second-order valence-electron chi connectivity index (χ2n) is 2.00. The van der Waals surface area contributed by atoms with E-state index in [1.807, 2.05) is 0 Å².